The van der Waals surface area contributed by atoms with Crippen LogP contribution in [-0.2, 0) is 0 Å². The molecule has 6 aromatic rings. The number of fused-ring (bicyclic) bond motifs is 8. The van der Waals surface area contributed by atoms with Gasteiger partial charge in [0.05, 0.1) is 16.2 Å². The van der Waals surface area contributed by atoms with Gasteiger partial charge in [0.1, 0.15) is 5.82 Å². The van der Waals surface area contributed by atoms with E-state index in [1.54, 1.807) is 30.2 Å². The van der Waals surface area contributed by atoms with Crippen molar-refractivity contribution in [3.63, 3.8) is 0 Å². The van der Waals surface area contributed by atoms with Gasteiger partial charge < -0.3 is 0 Å². The summed E-state index contributed by atoms with van der Waals surface area (Å²) >= 11 is 1.68. The summed E-state index contributed by atoms with van der Waals surface area (Å²) in [5.74, 6) is 1.04. The zero-order chi connectivity index (χ0) is 26.8. The van der Waals surface area contributed by atoms with E-state index in [1.165, 1.54) is 0 Å². The van der Waals surface area contributed by atoms with E-state index < -0.39 is 0 Å². The fourth-order valence-electron chi connectivity index (χ4n) is 5.72. The van der Waals surface area contributed by atoms with Gasteiger partial charge in [-0.2, -0.15) is 0 Å². The van der Waals surface area contributed by atoms with E-state index >= 15 is 0 Å². The van der Waals surface area contributed by atoms with Gasteiger partial charge in [-0.05, 0) is 69.6 Å². The summed E-state index contributed by atoms with van der Waals surface area (Å²) in [5.41, 5.74) is 2.83. The van der Waals surface area contributed by atoms with Crippen LogP contribution in [0.4, 0.5) is 17.3 Å². The fourth-order valence-corrected chi connectivity index (χ4v) is 6.75. The Morgan fingerprint density at radius 3 is 1.93 bits per heavy atom. The number of aromatic nitrogens is 2. The summed E-state index contributed by atoms with van der Waals surface area (Å²) in [6, 6.07) is 31.5. The molecule has 0 fully saturated rings. The summed E-state index contributed by atoms with van der Waals surface area (Å²) in [6.45, 7) is 0. The second-order valence-corrected chi connectivity index (χ2v) is 10.8. The molecule has 0 atom stereocenters. The Morgan fingerprint density at radius 2 is 1.25 bits per heavy atom. The van der Waals surface area contributed by atoms with Gasteiger partial charge in [0, 0.05) is 28.4 Å². The van der Waals surface area contributed by atoms with E-state index in [0.717, 1.165) is 42.8 Å². The van der Waals surface area contributed by atoms with E-state index in [9.17, 15) is 9.59 Å². The molecule has 40 heavy (non-hydrogen) atoms. The zero-order valence-electron chi connectivity index (χ0n) is 21.0. The number of anilines is 3. The molecular formula is C34H19N3O2S. The Bertz CT molecular complexity index is 1960. The molecule has 0 spiro atoms. The highest BCUT2D eigenvalue weighted by Crippen LogP contribution is 2.49. The molecule has 0 N–H and O–H groups in total. The molecule has 6 heteroatoms. The van der Waals surface area contributed by atoms with Crippen molar-refractivity contribution >= 4 is 68.3 Å². The molecule has 2 aromatic heterocycles. The molecule has 0 bridgehead atoms. The summed E-state index contributed by atoms with van der Waals surface area (Å²) in [5, 5.41) is 3.55. The molecule has 188 valence electrons. The first-order valence-corrected chi connectivity index (χ1v) is 13.7. The summed E-state index contributed by atoms with van der Waals surface area (Å²) in [6.07, 6.45) is 5.15. The van der Waals surface area contributed by atoms with Crippen LogP contribution in [0.3, 0.4) is 0 Å². The van der Waals surface area contributed by atoms with Gasteiger partial charge >= 0.3 is 0 Å². The Balaban J connectivity index is 1.22. The third-order valence-corrected chi connectivity index (χ3v) is 8.58. The minimum Gasteiger partial charge on any atom is -0.288 e. The highest BCUT2D eigenvalue weighted by atomic mass is 32.2. The number of ketones is 2. The van der Waals surface area contributed by atoms with Gasteiger partial charge in [-0.25, -0.2) is 9.97 Å². The first kappa shape index (κ1) is 22.9. The maximum absolute atomic E-state index is 13.7. The third kappa shape index (κ3) is 3.30. The number of nitrogens with zero attached hydrogens (tertiary/aromatic N) is 3. The lowest BCUT2D eigenvalue weighted by Gasteiger charge is -2.30. The van der Waals surface area contributed by atoms with Crippen LogP contribution in [0.2, 0.25) is 0 Å². The minimum absolute atomic E-state index is 0.165. The Labute approximate surface area is 233 Å². The van der Waals surface area contributed by atoms with Gasteiger partial charge in [0.25, 0.3) is 0 Å². The fraction of sp³-hybridized carbons (Fsp3) is 0. The predicted molar refractivity (Wildman–Crippen MR) is 159 cm³/mol. The topological polar surface area (TPSA) is 63.2 Å². The average Bonchev–Trinajstić information content (AvgIpc) is 3.26. The number of para-hydroxylation sites is 1. The number of pyridine rings is 2. The van der Waals surface area contributed by atoms with Gasteiger partial charge in [-0.3, -0.25) is 14.5 Å². The second-order valence-electron chi connectivity index (χ2n) is 9.74. The van der Waals surface area contributed by atoms with Crippen molar-refractivity contribution < 1.29 is 9.59 Å². The molecular weight excluding hydrogens is 514 g/mol. The van der Waals surface area contributed by atoms with Crippen molar-refractivity contribution in [1.29, 1.82) is 0 Å². The van der Waals surface area contributed by atoms with Crippen molar-refractivity contribution in [2.45, 2.75) is 9.79 Å². The molecule has 0 saturated carbocycles. The number of hydrogen-bond donors (Lipinski definition) is 0. The van der Waals surface area contributed by atoms with Crippen LogP contribution in [-0.4, -0.2) is 21.5 Å². The van der Waals surface area contributed by atoms with Crippen LogP contribution in [0.1, 0.15) is 26.3 Å². The lowest BCUT2D eigenvalue weighted by Crippen LogP contribution is -2.17. The number of benzene rings is 4. The number of carbonyl (C=O) groups excluding carboxylic acids is 2. The summed E-state index contributed by atoms with van der Waals surface area (Å²) in [4.78, 5) is 41.1. The summed E-state index contributed by atoms with van der Waals surface area (Å²) in [7, 11) is 0. The molecule has 0 radical (unpaired) electrons. The van der Waals surface area contributed by atoms with Crippen molar-refractivity contribution in [2.24, 2.45) is 0 Å². The third-order valence-electron chi connectivity index (χ3n) is 7.48. The molecule has 0 saturated heterocycles. The Morgan fingerprint density at radius 1 is 0.625 bits per heavy atom. The van der Waals surface area contributed by atoms with Crippen molar-refractivity contribution in [3.05, 3.63) is 132 Å². The first-order chi connectivity index (χ1) is 19.7. The second kappa shape index (κ2) is 8.73. The summed E-state index contributed by atoms with van der Waals surface area (Å²) < 4.78 is 0. The van der Waals surface area contributed by atoms with E-state index in [4.69, 9.17) is 4.98 Å². The maximum Gasteiger partial charge on any atom is 0.198 e. The standard InChI is InChI=1S/C34H19N3O2S/c38-32-25(33(39)31-24-11-4-2-9-22(24)21-8-1-3-10-23(21)30(31)32)18-20-15-16-29(36-19-20)37-26-12-5-6-13-27(26)40-28-14-7-17-35-34(28)37/h1-19H. The number of allylic oxidation sites excluding steroid dienone is 1. The van der Waals surface area contributed by atoms with Crippen LogP contribution < -0.4 is 4.90 Å². The van der Waals surface area contributed by atoms with Crippen LogP contribution in [0.25, 0.3) is 27.6 Å². The van der Waals surface area contributed by atoms with Crippen LogP contribution in [0.5, 0.6) is 0 Å². The first-order valence-electron chi connectivity index (χ1n) is 12.9. The highest BCUT2D eigenvalue weighted by molar-refractivity contribution is 7.99. The molecule has 5 nitrogen and oxygen atoms in total. The number of rotatable bonds is 2. The molecule has 1 aliphatic carbocycles. The van der Waals surface area contributed by atoms with Crippen molar-refractivity contribution in [3.8, 4) is 0 Å². The molecule has 0 unspecified atom stereocenters. The normalized spacial score (nSPS) is 13.9. The predicted octanol–water partition coefficient (Wildman–Crippen LogP) is 8.18. The molecule has 4 aromatic carbocycles. The molecule has 8 rings (SSSR count). The van der Waals surface area contributed by atoms with Crippen molar-refractivity contribution in [1.82, 2.24) is 9.97 Å². The number of carbonyl (C=O) groups is 2. The van der Waals surface area contributed by atoms with Crippen LogP contribution in [0.15, 0.2) is 125 Å². The smallest absolute Gasteiger partial charge is 0.198 e. The van der Waals surface area contributed by atoms with Crippen LogP contribution in [0, 0.1) is 0 Å². The van der Waals surface area contributed by atoms with Gasteiger partial charge in [0.2, 0.25) is 0 Å². The maximum atomic E-state index is 13.7. The molecule has 1 aliphatic heterocycles. The van der Waals surface area contributed by atoms with E-state index in [2.05, 4.69) is 23.2 Å². The largest absolute Gasteiger partial charge is 0.288 e. The monoisotopic (exact) mass is 533 g/mol. The Kier molecular flexibility index (Phi) is 4.99. The lowest BCUT2D eigenvalue weighted by atomic mass is 9.93. The molecule has 3 heterocycles. The van der Waals surface area contributed by atoms with Gasteiger partial charge in [-0.15, -0.1) is 0 Å². The SMILES string of the molecule is O=C1C(=Cc2ccc(N3c4ccccc4Sc4cccnc43)nc2)C(=O)c2c1c1ccccc1c1ccccc21. The minimum atomic E-state index is -0.244. The van der Waals surface area contributed by atoms with E-state index in [-0.39, 0.29) is 17.1 Å². The number of Topliss-reactive ketones (excluding diaryl/α,β-unsaturated/α-hetero) is 2. The van der Waals surface area contributed by atoms with Crippen LogP contribution >= 0.6 is 11.8 Å². The van der Waals surface area contributed by atoms with Gasteiger partial charge in [-0.1, -0.05) is 72.4 Å². The quantitative estimate of drug-likeness (QED) is 0.127. The van der Waals surface area contributed by atoms with Gasteiger partial charge in [0.15, 0.2) is 17.4 Å². The van der Waals surface area contributed by atoms with Crippen molar-refractivity contribution in [2.75, 3.05) is 4.90 Å². The average molecular weight is 534 g/mol. The lowest BCUT2D eigenvalue weighted by molar-refractivity contribution is 0.0991. The highest BCUT2D eigenvalue weighted by Gasteiger charge is 2.36. The van der Waals surface area contributed by atoms with E-state index in [0.29, 0.717) is 22.5 Å². The zero-order valence-corrected chi connectivity index (χ0v) is 21.9. The number of hydrogen-bond acceptors (Lipinski definition) is 6. The van der Waals surface area contributed by atoms with E-state index in [1.807, 2.05) is 83.8 Å². The Hall–Kier alpha value is -5.07. The molecule has 0 amide bonds. The molecule has 2 aliphatic rings.